The fraction of sp³-hybridized carbons (Fsp3) is 0.217. The van der Waals surface area contributed by atoms with Crippen LogP contribution in [0.1, 0.15) is 40.3 Å². The normalized spacial score (nSPS) is 13.1. The first kappa shape index (κ1) is 24.3. The van der Waals surface area contributed by atoms with E-state index < -0.39 is 65.4 Å². The first-order chi connectivity index (χ1) is 15.4. The lowest BCUT2D eigenvalue weighted by atomic mass is 9.86. The summed E-state index contributed by atoms with van der Waals surface area (Å²) in [4.78, 5) is 16.4. The Morgan fingerprint density at radius 2 is 1.55 bits per heavy atom. The lowest BCUT2D eigenvalue weighted by Gasteiger charge is -2.21. The zero-order valence-electron chi connectivity index (χ0n) is 16.6. The monoisotopic (exact) mass is 473 g/mol. The molecule has 1 heterocycles. The van der Waals surface area contributed by atoms with Gasteiger partial charge in [0.1, 0.15) is 17.4 Å². The number of hydrogen-bond acceptors (Lipinski definition) is 2. The number of aromatic nitrogens is 1. The van der Waals surface area contributed by atoms with Crippen LogP contribution in [0.15, 0.2) is 60.8 Å². The molecule has 0 aliphatic heterocycles. The molecule has 10 heteroatoms. The zero-order valence-corrected chi connectivity index (χ0v) is 16.6. The van der Waals surface area contributed by atoms with Gasteiger partial charge in [0.2, 0.25) is 0 Å². The van der Waals surface area contributed by atoms with E-state index in [1.165, 1.54) is 0 Å². The lowest BCUT2D eigenvalue weighted by molar-refractivity contribution is -0.139. The summed E-state index contributed by atoms with van der Waals surface area (Å²) in [6.07, 6.45) is -9.56. The fourth-order valence-electron chi connectivity index (χ4n) is 3.39. The second-order valence-corrected chi connectivity index (χ2v) is 7.26. The second-order valence-electron chi connectivity index (χ2n) is 7.26. The van der Waals surface area contributed by atoms with Crippen molar-refractivity contribution in [1.82, 2.24) is 4.98 Å². The predicted molar refractivity (Wildman–Crippen MR) is 102 cm³/mol. The van der Waals surface area contributed by atoms with E-state index >= 15 is 0 Å². The molecular weight excluding hydrogens is 458 g/mol. The Balaban J connectivity index is 2.00. The topological polar surface area (TPSA) is 30.0 Å². The van der Waals surface area contributed by atoms with Crippen LogP contribution in [0.3, 0.4) is 0 Å². The van der Waals surface area contributed by atoms with Gasteiger partial charge in [-0.15, -0.1) is 0 Å². The standard InChI is InChI=1S/C23H15F8NO/c24-16-8-5-14(20(25)11-16)10-17(33)12-18(13-3-6-15(7-4-13)22(26,27)28)21-19(23(29,30)31)2-1-9-32-21/h1-9,11,18H,10,12H2/t18-/m0/s1. The molecular formula is C23H15F8NO. The maximum atomic E-state index is 13.9. The van der Waals surface area contributed by atoms with Crippen molar-refractivity contribution in [1.29, 1.82) is 0 Å². The summed E-state index contributed by atoms with van der Waals surface area (Å²) in [5, 5.41) is 0. The van der Waals surface area contributed by atoms with Crippen LogP contribution in [0, 0.1) is 11.6 Å². The number of alkyl halides is 6. The molecule has 3 aromatic rings. The highest BCUT2D eigenvalue weighted by atomic mass is 19.4. The third-order valence-electron chi connectivity index (χ3n) is 4.95. The average molecular weight is 473 g/mol. The summed E-state index contributed by atoms with van der Waals surface area (Å²) < 4.78 is 106. The van der Waals surface area contributed by atoms with E-state index in [1.54, 1.807) is 0 Å². The summed E-state index contributed by atoms with van der Waals surface area (Å²) in [6.45, 7) is 0. The third-order valence-corrected chi connectivity index (χ3v) is 4.95. The Labute approximate surface area is 182 Å². The number of ketones is 1. The van der Waals surface area contributed by atoms with Crippen LogP contribution in [0.25, 0.3) is 0 Å². The highest BCUT2D eigenvalue weighted by Gasteiger charge is 2.37. The number of hydrogen-bond donors (Lipinski definition) is 0. The number of carbonyl (C=O) groups is 1. The third kappa shape index (κ3) is 5.94. The zero-order chi connectivity index (χ0) is 24.4. The summed E-state index contributed by atoms with van der Waals surface area (Å²) in [6, 6.07) is 7.69. The minimum absolute atomic E-state index is 0.000119. The minimum atomic E-state index is -4.83. The van der Waals surface area contributed by atoms with Gasteiger partial charge in [-0.05, 0) is 41.5 Å². The number of halogens is 8. The van der Waals surface area contributed by atoms with E-state index in [-0.39, 0.29) is 11.1 Å². The molecule has 0 bridgehead atoms. The van der Waals surface area contributed by atoms with Crippen LogP contribution in [-0.2, 0) is 23.6 Å². The van der Waals surface area contributed by atoms with Crippen molar-refractivity contribution in [3.8, 4) is 0 Å². The maximum Gasteiger partial charge on any atom is 0.418 e. The van der Waals surface area contributed by atoms with Gasteiger partial charge in [0.05, 0.1) is 16.8 Å². The molecule has 0 spiro atoms. The molecule has 0 saturated carbocycles. The van der Waals surface area contributed by atoms with Crippen molar-refractivity contribution < 1.29 is 39.9 Å². The van der Waals surface area contributed by atoms with E-state index in [2.05, 4.69) is 4.98 Å². The van der Waals surface area contributed by atoms with E-state index in [9.17, 15) is 39.9 Å². The molecule has 3 rings (SSSR count). The van der Waals surface area contributed by atoms with Crippen molar-refractivity contribution in [3.05, 3.63) is 100 Å². The molecule has 0 aliphatic rings. The summed E-state index contributed by atoms with van der Waals surface area (Å²) in [5.41, 5.74) is -2.86. The number of nitrogens with zero attached hydrogens (tertiary/aromatic N) is 1. The number of carbonyl (C=O) groups excluding carboxylic acids is 1. The van der Waals surface area contributed by atoms with Gasteiger partial charge in [-0.3, -0.25) is 9.78 Å². The average Bonchev–Trinajstić information content (AvgIpc) is 2.73. The Morgan fingerprint density at radius 3 is 2.12 bits per heavy atom. The molecule has 2 aromatic carbocycles. The molecule has 0 radical (unpaired) electrons. The van der Waals surface area contributed by atoms with Crippen LogP contribution in [0.2, 0.25) is 0 Å². The summed E-state index contributed by atoms with van der Waals surface area (Å²) in [5.74, 6) is -3.91. The molecule has 0 unspecified atom stereocenters. The molecule has 0 N–H and O–H groups in total. The number of benzene rings is 2. The van der Waals surface area contributed by atoms with Crippen molar-refractivity contribution >= 4 is 5.78 Å². The van der Waals surface area contributed by atoms with E-state index in [0.717, 1.165) is 42.6 Å². The minimum Gasteiger partial charge on any atom is -0.299 e. The Bertz CT molecular complexity index is 1140. The number of pyridine rings is 1. The van der Waals surface area contributed by atoms with E-state index in [0.29, 0.717) is 18.2 Å². The van der Waals surface area contributed by atoms with Gasteiger partial charge < -0.3 is 0 Å². The first-order valence-corrected chi connectivity index (χ1v) is 9.51. The number of Topliss-reactive ketones (excluding diaryl/α,β-unsaturated/α-hetero) is 1. The van der Waals surface area contributed by atoms with Gasteiger partial charge >= 0.3 is 12.4 Å². The molecule has 0 fully saturated rings. The SMILES string of the molecule is O=C(Cc1ccc(F)cc1F)C[C@@H](c1ccc(C(F)(F)F)cc1)c1ncccc1C(F)(F)F. The predicted octanol–water partition coefficient (Wildman–Crippen LogP) is 6.73. The van der Waals surface area contributed by atoms with Crippen molar-refractivity contribution in [3.63, 3.8) is 0 Å². The molecule has 0 saturated heterocycles. The van der Waals surface area contributed by atoms with Crippen LogP contribution in [-0.4, -0.2) is 10.8 Å². The Kier molecular flexibility index (Phi) is 6.85. The van der Waals surface area contributed by atoms with Crippen molar-refractivity contribution in [2.75, 3.05) is 0 Å². The van der Waals surface area contributed by atoms with Gasteiger partial charge in [-0.2, -0.15) is 26.3 Å². The summed E-state index contributed by atoms with van der Waals surface area (Å²) >= 11 is 0. The van der Waals surface area contributed by atoms with E-state index in [1.807, 2.05) is 0 Å². The van der Waals surface area contributed by atoms with Crippen LogP contribution < -0.4 is 0 Å². The van der Waals surface area contributed by atoms with Crippen LogP contribution in [0.5, 0.6) is 0 Å². The highest BCUT2D eigenvalue weighted by molar-refractivity contribution is 5.82. The maximum absolute atomic E-state index is 13.9. The highest BCUT2D eigenvalue weighted by Crippen LogP contribution is 2.39. The first-order valence-electron chi connectivity index (χ1n) is 9.51. The van der Waals surface area contributed by atoms with Gasteiger partial charge in [0, 0.05) is 31.0 Å². The van der Waals surface area contributed by atoms with Crippen molar-refractivity contribution in [2.45, 2.75) is 31.1 Å². The van der Waals surface area contributed by atoms with Gasteiger partial charge in [-0.1, -0.05) is 18.2 Å². The molecule has 1 atom stereocenters. The molecule has 0 aliphatic carbocycles. The molecule has 1 aromatic heterocycles. The van der Waals surface area contributed by atoms with Gasteiger partial charge in [-0.25, -0.2) is 8.78 Å². The quantitative estimate of drug-likeness (QED) is 0.372. The Morgan fingerprint density at radius 1 is 0.879 bits per heavy atom. The largest absolute Gasteiger partial charge is 0.418 e. The Hall–Kier alpha value is -3.30. The molecule has 2 nitrogen and oxygen atoms in total. The van der Waals surface area contributed by atoms with Gasteiger partial charge in [0.15, 0.2) is 0 Å². The lowest BCUT2D eigenvalue weighted by Crippen LogP contribution is -2.18. The summed E-state index contributed by atoms with van der Waals surface area (Å²) in [7, 11) is 0. The molecule has 0 amide bonds. The van der Waals surface area contributed by atoms with E-state index in [4.69, 9.17) is 0 Å². The molecule has 33 heavy (non-hydrogen) atoms. The van der Waals surface area contributed by atoms with Crippen molar-refractivity contribution in [2.24, 2.45) is 0 Å². The number of rotatable bonds is 6. The fourth-order valence-corrected chi connectivity index (χ4v) is 3.39. The smallest absolute Gasteiger partial charge is 0.299 e. The van der Waals surface area contributed by atoms with Crippen LogP contribution >= 0.6 is 0 Å². The molecule has 174 valence electrons. The van der Waals surface area contributed by atoms with Crippen LogP contribution in [0.4, 0.5) is 35.1 Å². The second kappa shape index (κ2) is 9.29. The van der Waals surface area contributed by atoms with Gasteiger partial charge in [0.25, 0.3) is 0 Å².